The first-order chi connectivity index (χ1) is 13.0. The van der Waals surface area contributed by atoms with Crippen molar-refractivity contribution < 1.29 is 4.79 Å². The summed E-state index contributed by atoms with van der Waals surface area (Å²) in [7, 11) is 3.38. The number of carbonyl (C=O) groups is 1. The SMILES string of the molecule is CN(C)C(=O)c1ccccc1Cn1nc2c(N)nc3ccccc3n2c1=O. The van der Waals surface area contributed by atoms with Gasteiger partial charge in [0.1, 0.15) is 0 Å². The third-order valence-corrected chi connectivity index (χ3v) is 4.41. The van der Waals surface area contributed by atoms with Crippen LogP contribution in [-0.2, 0) is 6.54 Å². The van der Waals surface area contributed by atoms with Crippen molar-refractivity contribution in [3.63, 3.8) is 0 Å². The highest BCUT2D eigenvalue weighted by Gasteiger charge is 2.17. The van der Waals surface area contributed by atoms with Gasteiger partial charge in [0.05, 0.1) is 17.6 Å². The average Bonchev–Trinajstić information content (AvgIpc) is 2.99. The molecule has 4 rings (SSSR count). The first-order valence-corrected chi connectivity index (χ1v) is 8.40. The number of benzene rings is 2. The van der Waals surface area contributed by atoms with Gasteiger partial charge >= 0.3 is 5.69 Å². The zero-order chi connectivity index (χ0) is 19.1. The van der Waals surface area contributed by atoms with Crippen molar-refractivity contribution in [3.8, 4) is 0 Å². The van der Waals surface area contributed by atoms with E-state index in [4.69, 9.17) is 5.73 Å². The minimum absolute atomic E-state index is 0.131. The van der Waals surface area contributed by atoms with Gasteiger partial charge in [-0.1, -0.05) is 30.3 Å². The normalized spacial score (nSPS) is 11.2. The van der Waals surface area contributed by atoms with Crippen molar-refractivity contribution in [2.45, 2.75) is 6.54 Å². The summed E-state index contributed by atoms with van der Waals surface area (Å²) in [4.78, 5) is 31.2. The van der Waals surface area contributed by atoms with Crippen LogP contribution in [-0.4, -0.2) is 44.1 Å². The van der Waals surface area contributed by atoms with Gasteiger partial charge in [-0.3, -0.25) is 4.79 Å². The molecule has 0 unspecified atom stereocenters. The van der Waals surface area contributed by atoms with Crippen molar-refractivity contribution in [2.24, 2.45) is 0 Å². The molecule has 4 aromatic rings. The summed E-state index contributed by atoms with van der Waals surface area (Å²) in [5.74, 6) is 0.0521. The number of hydrogen-bond acceptors (Lipinski definition) is 5. The molecule has 8 heteroatoms. The van der Waals surface area contributed by atoms with Gasteiger partial charge in [0.25, 0.3) is 5.91 Å². The summed E-state index contributed by atoms with van der Waals surface area (Å²) < 4.78 is 2.76. The second-order valence-electron chi connectivity index (χ2n) is 6.44. The molecule has 0 spiro atoms. The van der Waals surface area contributed by atoms with Crippen molar-refractivity contribution in [3.05, 3.63) is 70.1 Å². The minimum atomic E-state index is -0.331. The predicted octanol–water partition coefficient (Wildman–Crippen LogP) is 1.38. The number of aromatic nitrogens is 4. The topological polar surface area (TPSA) is 98.5 Å². The molecule has 2 aromatic heterocycles. The van der Waals surface area contributed by atoms with Crippen molar-refractivity contribution in [2.75, 3.05) is 19.8 Å². The zero-order valence-corrected chi connectivity index (χ0v) is 15.0. The quantitative estimate of drug-likeness (QED) is 0.594. The Balaban J connectivity index is 1.89. The summed E-state index contributed by atoms with van der Waals surface area (Å²) >= 11 is 0. The van der Waals surface area contributed by atoms with E-state index < -0.39 is 0 Å². The minimum Gasteiger partial charge on any atom is -0.381 e. The molecule has 2 N–H and O–H groups in total. The summed E-state index contributed by atoms with van der Waals surface area (Å²) in [6.07, 6.45) is 0. The number of anilines is 1. The fourth-order valence-electron chi connectivity index (χ4n) is 3.09. The van der Waals surface area contributed by atoms with Crippen LogP contribution in [0.3, 0.4) is 0 Å². The van der Waals surface area contributed by atoms with E-state index in [0.29, 0.717) is 27.8 Å². The number of fused-ring (bicyclic) bond motifs is 3. The Morgan fingerprint density at radius 2 is 1.81 bits per heavy atom. The predicted molar refractivity (Wildman–Crippen MR) is 103 cm³/mol. The lowest BCUT2D eigenvalue weighted by atomic mass is 10.1. The molecule has 0 saturated carbocycles. The molecular formula is C19H18N6O2. The fourth-order valence-corrected chi connectivity index (χ4v) is 3.09. The average molecular weight is 362 g/mol. The van der Waals surface area contributed by atoms with E-state index in [0.717, 1.165) is 0 Å². The Hall–Kier alpha value is -3.68. The van der Waals surface area contributed by atoms with Crippen LogP contribution in [0.2, 0.25) is 0 Å². The summed E-state index contributed by atoms with van der Waals surface area (Å²) in [5, 5.41) is 4.36. The number of para-hydroxylation sites is 2. The zero-order valence-electron chi connectivity index (χ0n) is 15.0. The lowest BCUT2D eigenvalue weighted by Gasteiger charge is -2.13. The van der Waals surface area contributed by atoms with E-state index in [-0.39, 0.29) is 24.0 Å². The molecule has 2 heterocycles. The molecule has 2 aromatic carbocycles. The van der Waals surface area contributed by atoms with E-state index in [2.05, 4.69) is 10.1 Å². The summed E-state index contributed by atoms with van der Waals surface area (Å²) in [6.45, 7) is 0.157. The second kappa shape index (κ2) is 6.24. The van der Waals surface area contributed by atoms with E-state index >= 15 is 0 Å². The van der Waals surface area contributed by atoms with Gasteiger partial charge < -0.3 is 10.6 Å². The highest BCUT2D eigenvalue weighted by molar-refractivity contribution is 5.95. The molecule has 0 saturated heterocycles. The van der Waals surface area contributed by atoms with Gasteiger partial charge in [-0.15, -0.1) is 5.10 Å². The lowest BCUT2D eigenvalue weighted by molar-refractivity contribution is 0.0826. The highest BCUT2D eigenvalue weighted by atomic mass is 16.2. The number of carbonyl (C=O) groups excluding carboxylic acids is 1. The smallest absolute Gasteiger partial charge is 0.351 e. The number of nitrogens with zero attached hydrogens (tertiary/aromatic N) is 5. The number of nitrogens with two attached hydrogens (primary N) is 1. The summed E-state index contributed by atoms with van der Waals surface area (Å²) in [5.41, 5.74) is 8.47. The molecule has 0 bridgehead atoms. The molecule has 0 aliphatic carbocycles. The maximum atomic E-state index is 13.0. The van der Waals surface area contributed by atoms with Crippen LogP contribution in [0.5, 0.6) is 0 Å². The van der Waals surface area contributed by atoms with Crippen molar-refractivity contribution >= 4 is 28.4 Å². The Kier molecular flexibility index (Phi) is 3.88. The first-order valence-electron chi connectivity index (χ1n) is 8.40. The van der Waals surface area contributed by atoms with E-state index in [9.17, 15) is 9.59 Å². The van der Waals surface area contributed by atoms with E-state index in [1.54, 1.807) is 38.4 Å². The molecule has 0 aliphatic heterocycles. The third kappa shape index (κ3) is 2.71. The number of amides is 1. The Morgan fingerprint density at radius 1 is 1.11 bits per heavy atom. The van der Waals surface area contributed by atoms with Crippen LogP contribution in [0, 0.1) is 0 Å². The van der Waals surface area contributed by atoms with Crippen LogP contribution in [0.4, 0.5) is 5.82 Å². The Morgan fingerprint density at radius 3 is 2.59 bits per heavy atom. The van der Waals surface area contributed by atoms with Gasteiger partial charge in [0, 0.05) is 19.7 Å². The van der Waals surface area contributed by atoms with E-state index in [1.807, 2.05) is 24.3 Å². The second-order valence-corrected chi connectivity index (χ2v) is 6.44. The van der Waals surface area contributed by atoms with Gasteiger partial charge in [-0.05, 0) is 23.8 Å². The Labute approximate surface area is 154 Å². The van der Waals surface area contributed by atoms with Crippen LogP contribution >= 0.6 is 0 Å². The first kappa shape index (κ1) is 16.8. The molecular weight excluding hydrogens is 344 g/mol. The Bertz CT molecular complexity index is 1240. The van der Waals surface area contributed by atoms with Gasteiger partial charge in [-0.25, -0.2) is 18.9 Å². The van der Waals surface area contributed by atoms with Gasteiger partial charge in [-0.2, -0.15) is 0 Å². The van der Waals surface area contributed by atoms with E-state index in [1.165, 1.54) is 14.0 Å². The molecule has 0 fully saturated rings. The van der Waals surface area contributed by atoms with Crippen molar-refractivity contribution in [1.29, 1.82) is 0 Å². The lowest BCUT2D eigenvalue weighted by Crippen LogP contribution is -2.26. The molecule has 0 atom stereocenters. The van der Waals surface area contributed by atoms with Crippen LogP contribution < -0.4 is 11.4 Å². The monoisotopic (exact) mass is 362 g/mol. The molecule has 0 radical (unpaired) electrons. The standard InChI is InChI=1S/C19H18N6O2/c1-23(2)18(26)13-8-4-3-7-12(13)11-24-19(27)25-15-10-6-5-9-14(15)21-16(20)17(25)22-24/h3-10H,11H2,1-2H3,(H2,20,21). The largest absolute Gasteiger partial charge is 0.381 e. The number of hydrogen-bond donors (Lipinski definition) is 1. The number of rotatable bonds is 3. The van der Waals surface area contributed by atoms with Crippen LogP contribution in [0.15, 0.2) is 53.3 Å². The van der Waals surface area contributed by atoms with Crippen molar-refractivity contribution in [1.82, 2.24) is 24.1 Å². The summed E-state index contributed by atoms with van der Waals surface area (Å²) in [6, 6.07) is 14.4. The maximum Gasteiger partial charge on any atom is 0.351 e. The van der Waals surface area contributed by atoms with Crippen LogP contribution in [0.25, 0.3) is 16.7 Å². The molecule has 1 amide bonds. The third-order valence-electron chi connectivity index (χ3n) is 4.41. The highest BCUT2D eigenvalue weighted by Crippen LogP contribution is 2.17. The van der Waals surface area contributed by atoms with Gasteiger partial charge in [0.2, 0.25) is 5.65 Å². The maximum absolute atomic E-state index is 13.0. The van der Waals surface area contributed by atoms with Crippen LogP contribution in [0.1, 0.15) is 15.9 Å². The molecule has 0 aliphatic rings. The number of nitrogen functional groups attached to an aromatic ring is 1. The molecule has 8 nitrogen and oxygen atoms in total. The molecule has 27 heavy (non-hydrogen) atoms. The fraction of sp³-hybridized carbons (Fsp3) is 0.158. The van der Waals surface area contributed by atoms with Gasteiger partial charge in [0.15, 0.2) is 5.82 Å². The molecule has 136 valence electrons.